The third-order valence-electron chi connectivity index (χ3n) is 2.62. The monoisotopic (exact) mass is 256 g/mol. The molecule has 0 bridgehead atoms. The summed E-state index contributed by atoms with van der Waals surface area (Å²) in [4.78, 5) is 0. The van der Waals surface area contributed by atoms with Crippen LogP contribution in [-0.4, -0.2) is 10.9 Å². The molecular weight excluding hydrogens is 240 g/mol. The van der Waals surface area contributed by atoms with Crippen molar-refractivity contribution in [2.75, 3.05) is 5.75 Å². The van der Waals surface area contributed by atoms with E-state index in [0.29, 0.717) is 5.09 Å². The molecule has 1 nitrogen and oxygen atoms in total. The Balaban J connectivity index is 2.52. The molecule has 0 fully saturated rings. The molecule has 2 heteroatoms. The number of hydrogen-bond donors (Lipinski definition) is 1. The zero-order valence-corrected chi connectivity index (χ0v) is 11.2. The summed E-state index contributed by atoms with van der Waals surface area (Å²) in [5.41, 5.74) is 2.99. The van der Waals surface area contributed by atoms with Crippen LogP contribution in [0, 0.1) is 0 Å². The molecule has 0 radical (unpaired) electrons. The van der Waals surface area contributed by atoms with Gasteiger partial charge in [0.15, 0.2) is 5.09 Å². The maximum absolute atomic E-state index is 10.3. The molecule has 0 aliphatic heterocycles. The molecule has 0 spiro atoms. The Morgan fingerprint density at radius 2 is 1.33 bits per heavy atom. The van der Waals surface area contributed by atoms with Crippen molar-refractivity contribution in [1.29, 1.82) is 0 Å². The van der Waals surface area contributed by atoms with Crippen molar-refractivity contribution in [1.82, 2.24) is 0 Å². The molecule has 2 aromatic rings. The summed E-state index contributed by atoms with van der Waals surface area (Å²) in [6.45, 7) is 2.04. The van der Waals surface area contributed by atoms with E-state index in [4.69, 9.17) is 0 Å². The lowest BCUT2D eigenvalue weighted by Gasteiger charge is -2.11. The summed E-state index contributed by atoms with van der Waals surface area (Å²) >= 11 is 1.46. The van der Waals surface area contributed by atoms with Gasteiger partial charge in [-0.25, -0.2) is 0 Å². The topological polar surface area (TPSA) is 20.2 Å². The predicted octanol–water partition coefficient (Wildman–Crippen LogP) is 4.71. The van der Waals surface area contributed by atoms with Crippen molar-refractivity contribution < 1.29 is 5.11 Å². The van der Waals surface area contributed by atoms with Gasteiger partial charge in [-0.05, 0) is 16.9 Å². The quantitative estimate of drug-likeness (QED) is 0.799. The van der Waals surface area contributed by atoms with Gasteiger partial charge in [0.2, 0.25) is 0 Å². The first-order valence-electron chi connectivity index (χ1n) is 5.99. The van der Waals surface area contributed by atoms with Crippen molar-refractivity contribution in [2.45, 2.75) is 6.92 Å². The van der Waals surface area contributed by atoms with E-state index < -0.39 is 0 Å². The summed E-state index contributed by atoms with van der Waals surface area (Å²) in [7, 11) is 0. The average molecular weight is 256 g/mol. The molecule has 2 rings (SSSR count). The molecule has 0 atom stereocenters. The second-order valence-corrected chi connectivity index (χ2v) is 5.10. The summed E-state index contributed by atoms with van der Waals surface area (Å²) in [5.74, 6) is 0.856. The Labute approximate surface area is 112 Å². The first-order chi connectivity index (χ1) is 8.83. The van der Waals surface area contributed by atoms with E-state index in [1.54, 1.807) is 0 Å². The largest absolute Gasteiger partial charge is 0.502 e. The van der Waals surface area contributed by atoms with Crippen LogP contribution in [0.5, 0.6) is 0 Å². The Morgan fingerprint density at radius 3 is 1.72 bits per heavy atom. The molecule has 0 aromatic heterocycles. The van der Waals surface area contributed by atoms with Crippen molar-refractivity contribution in [3.63, 3.8) is 0 Å². The number of rotatable bonds is 4. The fourth-order valence-electron chi connectivity index (χ4n) is 1.83. The number of hydrogen-bond acceptors (Lipinski definition) is 2. The zero-order chi connectivity index (χ0) is 12.8. The van der Waals surface area contributed by atoms with Crippen LogP contribution in [-0.2, 0) is 0 Å². The predicted molar refractivity (Wildman–Crippen MR) is 79.7 cm³/mol. The smallest absolute Gasteiger partial charge is 0.158 e. The fraction of sp³-hybridized carbons (Fsp3) is 0.125. The molecule has 0 unspecified atom stereocenters. The Hall–Kier alpha value is -1.67. The lowest BCUT2D eigenvalue weighted by Crippen LogP contribution is -1.92. The second-order valence-electron chi connectivity index (χ2n) is 3.85. The zero-order valence-electron chi connectivity index (χ0n) is 10.3. The molecule has 1 N–H and O–H groups in total. The van der Waals surface area contributed by atoms with E-state index in [1.165, 1.54) is 11.8 Å². The van der Waals surface area contributed by atoms with Gasteiger partial charge < -0.3 is 5.11 Å². The number of aliphatic hydroxyl groups excluding tert-OH is 1. The minimum atomic E-state index is 0.384. The van der Waals surface area contributed by atoms with E-state index in [0.717, 1.165) is 22.5 Å². The maximum Gasteiger partial charge on any atom is 0.158 e. The van der Waals surface area contributed by atoms with Crippen molar-refractivity contribution in [3.8, 4) is 0 Å². The maximum atomic E-state index is 10.3. The Bertz CT molecular complexity index is 476. The van der Waals surface area contributed by atoms with Gasteiger partial charge in [-0.2, -0.15) is 0 Å². The van der Waals surface area contributed by atoms with Gasteiger partial charge in [0.05, 0.1) is 0 Å². The van der Waals surface area contributed by atoms with Crippen LogP contribution >= 0.6 is 11.8 Å². The average Bonchev–Trinajstić information content (AvgIpc) is 2.42. The van der Waals surface area contributed by atoms with Crippen molar-refractivity contribution in [3.05, 3.63) is 76.9 Å². The molecular formula is C16H16OS. The number of aliphatic hydroxyl groups is 1. The first-order valence-corrected chi connectivity index (χ1v) is 6.98. The van der Waals surface area contributed by atoms with Crippen LogP contribution in [0.1, 0.15) is 18.1 Å². The summed E-state index contributed by atoms with van der Waals surface area (Å²) in [5, 5.41) is 10.6. The number of benzene rings is 2. The molecule has 0 amide bonds. The van der Waals surface area contributed by atoms with Crippen LogP contribution in [0.25, 0.3) is 5.57 Å². The van der Waals surface area contributed by atoms with Crippen molar-refractivity contribution in [2.24, 2.45) is 0 Å². The van der Waals surface area contributed by atoms with Gasteiger partial charge in [0.1, 0.15) is 0 Å². The van der Waals surface area contributed by atoms with E-state index in [1.807, 2.05) is 67.6 Å². The third kappa shape index (κ3) is 2.96. The SMILES string of the molecule is CCSC(O)=C(c1ccccc1)c1ccccc1. The summed E-state index contributed by atoms with van der Waals surface area (Å²) in [6, 6.07) is 20.0. The molecule has 0 saturated heterocycles. The van der Waals surface area contributed by atoms with E-state index in [-0.39, 0.29) is 0 Å². The van der Waals surface area contributed by atoms with Crippen LogP contribution < -0.4 is 0 Å². The van der Waals surface area contributed by atoms with Gasteiger partial charge in [-0.3, -0.25) is 0 Å². The van der Waals surface area contributed by atoms with Gasteiger partial charge in [-0.1, -0.05) is 79.3 Å². The van der Waals surface area contributed by atoms with Gasteiger partial charge in [0, 0.05) is 5.57 Å². The fourth-order valence-corrected chi connectivity index (χ4v) is 2.49. The minimum absolute atomic E-state index is 0.384. The third-order valence-corrected chi connectivity index (χ3v) is 3.39. The molecule has 0 saturated carbocycles. The standard InChI is InChI=1S/C16H16OS/c1-2-18-16(17)15(13-9-5-3-6-10-13)14-11-7-4-8-12-14/h3-12,17H,2H2,1H3. The normalized spacial score (nSPS) is 10.1. The van der Waals surface area contributed by atoms with Crippen molar-refractivity contribution >= 4 is 17.3 Å². The summed E-state index contributed by atoms with van der Waals surface area (Å²) < 4.78 is 0. The molecule has 18 heavy (non-hydrogen) atoms. The lowest BCUT2D eigenvalue weighted by molar-refractivity contribution is 0.459. The molecule has 0 heterocycles. The Kier molecular flexibility index (Phi) is 4.48. The lowest BCUT2D eigenvalue weighted by atomic mass is 9.99. The summed E-state index contributed by atoms with van der Waals surface area (Å²) in [6.07, 6.45) is 0. The minimum Gasteiger partial charge on any atom is -0.502 e. The van der Waals surface area contributed by atoms with E-state index in [2.05, 4.69) is 0 Å². The molecule has 0 aliphatic rings. The highest BCUT2D eigenvalue weighted by Crippen LogP contribution is 2.30. The highest BCUT2D eigenvalue weighted by Gasteiger charge is 2.10. The first kappa shape index (κ1) is 12.8. The van der Waals surface area contributed by atoms with Gasteiger partial charge in [-0.15, -0.1) is 0 Å². The molecule has 2 aromatic carbocycles. The van der Waals surface area contributed by atoms with Crippen LogP contribution in [0.15, 0.2) is 65.8 Å². The number of thioether (sulfide) groups is 1. The molecule has 92 valence electrons. The molecule has 0 aliphatic carbocycles. The van der Waals surface area contributed by atoms with Crippen LogP contribution in [0.2, 0.25) is 0 Å². The van der Waals surface area contributed by atoms with Crippen LogP contribution in [0.3, 0.4) is 0 Å². The van der Waals surface area contributed by atoms with Gasteiger partial charge >= 0.3 is 0 Å². The van der Waals surface area contributed by atoms with Gasteiger partial charge in [0.25, 0.3) is 0 Å². The highest BCUT2D eigenvalue weighted by atomic mass is 32.2. The highest BCUT2D eigenvalue weighted by molar-refractivity contribution is 8.02. The van der Waals surface area contributed by atoms with E-state index >= 15 is 0 Å². The second kappa shape index (κ2) is 6.31. The van der Waals surface area contributed by atoms with Crippen LogP contribution in [0.4, 0.5) is 0 Å². The van der Waals surface area contributed by atoms with E-state index in [9.17, 15) is 5.11 Å². The Morgan fingerprint density at radius 1 is 0.889 bits per heavy atom.